The van der Waals surface area contributed by atoms with Gasteiger partial charge in [-0.1, -0.05) is 18.2 Å². The lowest BCUT2D eigenvalue weighted by Gasteiger charge is -2.10. The molecule has 29 heavy (non-hydrogen) atoms. The summed E-state index contributed by atoms with van der Waals surface area (Å²) in [5, 5.41) is 4.67. The molecule has 0 aliphatic carbocycles. The first-order valence-corrected chi connectivity index (χ1v) is 9.64. The molecule has 2 aromatic heterocycles. The van der Waals surface area contributed by atoms with Crippen LogP contribution in [0, 0.1) is 13.8 Å². The molecule has 3 rings (SSSR count). The summed E-state index contributed by atoms with van der Waals surface area (Å²) in [6, 6.07) is 9.73. The van der Waals surface area contributed by atoms with Crippen LogP contribution in [-0.2, 0) is 16.0 Å². The first kappa shape index (κ1) is 20.5. The Bertz CT molecular complexity index is 1070. The Morgan fingerprint density at radius 1 is 1.14 bits per heavy atom. The third kappa shape index (κ3) is 4.45. The molecule has 0 spiro atoms. The van der Waals surface area contributed by atoms with Crippen molar-refractivity contribution in [3.8, 4) is 11.3 Å². The van der Waals surface area contributed by atoms with Crippen LogP contribution in [0.2, 0.25) is 0 Å². The smallest absolute Gasteiger partial charge is 0.306 e. The number of carbonyl (C=O) groups is 2. The zero-order chi connectivity index (χ0) is 21.1. The fourth-order valence-electron chi connectivity index (χ4n) is 3.24. The van der Waals surface area contributed by atoms with Gasteiger partial charge in [-0.05, 0) is 44.4 Å². The molecule has 0 saturated heterocycles. The van der Waals surface area contributed by atoms with Gasteiger partial charge < -0.3 is 9.64 Å². The third-order valence-corrected chi connectivity index (χ3v) is 4.72. The van der Waals surface area contributed by atoms with Crippen molar-refractivity contribution in [3.05, 3.63) is 52.8 Å². The van der Waals surface area contributed by atoms with Crippen LogP contribution in [0.3, 0.4) is 0 Å². The summed E-state index contributed by atoms with van der Waals surface area (Å²) in [7, 11) is 3.41. The number of hydrogen-bond acceptors (Lipinski definition) is 5. The summed E-state index contributed by atoms with van der Waals surface area (Å²) >= 11 is 0. The number of fused-ring (bicyclic) bond motifs is 1. The molecule has 0 atom stereocenters. The zero-order valence-electron chi connectivity index (χ0n) is 17.5. The minimum Gasteiger partial charge on any atom is -0.466 e. The van der Waals surface area contributed by atoms with Crippen LogP contribution < -0.4 is 0 Å². The molecule has 0 bridgehead atoms. The third-order valence-electron chi connectivity index (χ3n) is 4.72. The van der Waals surface area contributed by atoms with E-state index in [2.05, 4.69) is 16.1 Å². The van der Waals surface area contributed by atoms with Crippen molar-refractivity contribution >= 4 is 17.5 Å². The molecule has 2 heterocycles. The van der Waals surface area contributed by atoms with Gasteiger partial charge in [0.1, 0.15) is 5.69 Å². The van der Waals surface area contributed by atoms with Gasteiger partial charge in [0.25, 0.3) is 5.91 Å². The number of esters is 1. The van der Waals surface area contributed by atoms with Gasteiger partial charge in [0.2, 0.25) is 0 Å². The maximum atomic E-state index is 12.3. The molecule has 0 N–H and O–H groups in total. The number of amides is 1. The summed E-state index contributed by atoms with van der Waals surface area (Å²) in [6.45, 7) is 6.14. The van der Waals surface area contributed by atoms with Gasteiger partial charge in [0.15, 0.2) is 5.65 Å². The second kappa shape index (κ2) is 8.43. The van der Waals surface area contributed by atoms with Gasteiger partial charge >= 0.3 is 5.97 Å². The van der Waals surface area contributed by atoms with Crippen LogP contribution in [0.1, 0.15) is 40.7 Å². The van der Waals surface area contributed by atoms with Crippen LogP contribution in [0.4, 0.5) is 0 Å². The summed E-state index contributed by atoms with van der Waals surface area (Å²) < 4.78 is 6.73. The number of aryl methyl sites for hydroxylation is 3. The molecule has 0 aliphatic heterocycles. The van der Waals surface area contributed by atoms with E-state index in [-0.39, 0.29) is 11.9 Å². The number of aromatic nitrogens is 3. The van der Waals surface area contributed by atoms with Gasteiger partial charge in [-0.3, -0.25) is 9.59 Å². The van der Waals surface area contributed by atoms with E-state index in [1.54, 1.807) is 24.7 Å². The monoisotopic (exact) mass is 394 g/mol. The van der Waals surface area contributed by atoms with E-state index >= 15 is 0 Å². The molecule has 1 aromatic carbocycles. The molecule has 0 fully saturated rings. The van der Waals surface area contributed by atoms with Crippen molar-refractivity contribution in [2.24, 2.45) is 0 Å². The number of benzene rings is 1. The van der Waals surface area contributed by atoms with Crippen molar-refractivity contribution < 1.29 is 14.3 Å². The van der Waals surface area contributed by atoms with Gasteiger partial charge in [0, 0.05) is 37.8 Å². The maximum absolute atomic E-state index is 12.3. The summed E-state index contributed by atoms with van der Waals surface area (Å²) in [4.78, 5) is 29.8. The molecule has 0 radical (unpaired) electrons. The van der Waals surface area contributed by atoms with Crippen molar-refractivity contribution in [3.63, 3.8) is 0 Å². The predicted octanol–water partition coefficient (Wildman–Crippen LogP) is 3.21. The SMILES string of the molecule is CCOC(=O)CCc1ccc(-c2cc3nc(C(=O)N(C)C)cc(C)n3n2)c(C)c1. The van der Waals surface area contributed by atoms with E-state index in [1.165, 1.54) is 4.90 Å². The molecule has 3 aromatic rings. The maximum Gasteiger partial charge on any atom is 0.306 e. The normalized spacial score (nSPS) is 10.9. The second-order valence-corrected chi connectivity index (χ2v) is 7.24. The predicted molar refractivity (Wildman–Crippen MR) is 111 cm³/mol. The number of ether oxygens (including phenoxy) is 1. The fourth-order valence-corrected chi connectivity index (χ4v) is 3.24. The number of nitrogens with zero attached hydrogens (tertiary/aromatic N) is 4. The van der Waals surface area contributed by atoms with Crippen molar-refractivity contribution in [2.75, 3.05) is 20.7 Å². The molecule has 0 saturated carbocycles. The average Bonchev–Trinajstić information content (AvgIpc) is 3.10. The van der Waals surface area contributed by atoms with E-state index < -0.39 is 0 Å². The van der Waals surface area contributed by atoms with Crippen LogP contribution in [-0.4, -0.2) is 52.1 Å². The Kier molecular flexibility index (Phi) is 5.96. The highest BCUT2D eigenvalue weighted by atomic mass is 16.5. The lowest BCUT2D eigenvalue weighted by molar-refractivity contribution is -0.143. The van der Waals surface area contributed by atoms with Gasteiger partial charge in [0.05, 0.1) is 12.3 Å². The number of rotatable bonds is 6. The molecular formula is C22H26N4O3. The van der Waals surface area contributed by atoms with Gasteiger partial charge in [-0.15, -0.1) is 0 Å². The van der Waals surface area contributed by atoms with Crippen molar-refractivity contribution in [2.45, 2.75) is 33.6 Å². The highest BCUT2D eigenvalue weighted by Crippen LogP contribution is 2.25. The average molecular weight is 394 g/mol. The van der Waals surface area contributed by atoms with Crippen LogP contribution in [0.15, 0.2) is 30.3 Å². The van der Waals surface area contributed by atoms with E-state index in [0.717, 1.165) is 28.1 Å². The molecule has 0 unspecified atom stereocenters. The lowest BCUT2D eigenvalue weighted by Crippen LogP contribution is -2.23. The number of carbonyl (C=O) groups excluding carboxylic acids is 2. The van der Waals surface area contributed by atoms with Crippen LogP contribution >= 0.6 is 0 Å². The Balaban J connectivity index is 1.89. The largest absolute Gasteiger partial charge is 0.466 e. The number of hydrogen-bond donors (Lipinski definition) is 0. The fraction of sp³-hybridized carbons (Fsp3) is 0.364. The second-order valence-electron chi connectivity index (χ2n) is 7.24. The zero-order valence-corrected chi connectivity index (χ0v) is 17.5. The van der Waals surface area contributed by atoms with E-state index in [9.17, 15) is 9.59 Å². The Hall–Kier alpha value is -3.22. The van der Waals surface area contributed by atoms with E-state index in [0.29, 0.717) is 30.8 Å². The Morgan fingerprint density at radius 2 is 1.90 bits per heavy atom. The lowest BCUT2D eigenvalue weighted by atomic mass is 10.0. The molecule has 1 amide bonds. The van der Waals surface area contributed by atoms with Crippen molar-refractivity contribution in [1.29, 1.82) is 0 Å². The van der Waals surface area contributed by atoms with E-state index in [1.807, 2.05) is 39.0 Å². The minimum absolute atomic E-state index is 0.138. The van der Waals surface area contributed by atoms with Crippen LogP contribution in [0.25, 0.3) is 16.9 Å². The quantitative estimate of drug-likeness (QED) is 0.600. The van der Waals surface area contributed by atoms with E-state index in [4.69, 9.17) is 4.74 Å². The standard InChI is InChI=1S/C22H26N4O3/c1-6-29-21(27)10-8-16-7-9-17(14(2)11-16)18-13-20-23-19(22(28)25(4)5)12-15(3)26(20)24-18/h7,9,11-13H,6,8,10H2,1-5H3. The molecule has 7 heteroatoms. The van der Waals surface area contributed by atoms with Crippen molar-refractivity contribution in [1.82, 2.24) is 19.5 Å². The first-order valence-electron chi connectivity index (χ1n) is 9.64. The summed E-state index contributed by atoms with van der Waals surface area (Å²) in [5.41, 5.74) is 5.82. The highest BCUT2D eigenvalue weighted by Gasteiger charge is 2.15. The minimum atomic E-state index is -0.181. The first-order chi connectivity index (χ1) is 13.8. The molecule has 0 aliphatic rings. The molecular weight excluding hydrogens is 368 g/mol. The summed E-state index contributed by atoms with van der Waals surface area (Å²) in [5.74, 6) is -0.320. The molecule has 7 nitrogen and oxygen atoms in total. The Morgan fingerprint density at radius 3 is 2.55 bits per heavy atom. The van der Waals surface area contributed by atoms with Gasteiger partial charge in [-0.25, -0.2) is 9.50 Å². The topological polar surface area (TPSA) is 76.8 Å². The molecule has 152 valence electrons. The Labute approximate surface area is 170 Å². The highest BCUT2D eigenvalue weighted by molar-refractivity contribution is 5.92. The van der Waals surface area contributed by atoms with Crippen LogP contribution in [0.5, 0.6) is 0 Å². The summed E-state index contributed by atoms with van der Waals surface area (Å²) in [6.07, 6.45) is 1.01. The van der Waals surface area contributed by atoms with Gasteiger partial charge in [-0.2, -0.15) is 5.10 Å².